The van der Waals surface area contributed by atoms with E-state index in [2.05, 4.69) is 35.1 Å². The second kappa shape index (κ2) is 5.85. The Bertz CT molecular complexity index is 495. The van der Waals surface area contributed by atoms with Gasteiger partial charge in [0.2, 0.25) is 0 Å². The molecule has 3 nitrogen and oxygen atoms in total. The van der Waals surface area contributed by atoms with Gasteiger partial charge >= 0.3 is 0 Å². The lowest BCUT2D eigenvalue weighted by Crippen LogP contribution is -2.20. The molecule has 0 aliphatic heterocycles. The second-order valence-electron chi connectivity index (χ2n) is 4.69. The van der Waals surface area contributed by atoms with Crippen molar-refractivity contribution < 1.29 is 5.11 Å². The van der Waals surface area contributed by atoms with Crippen molar-refractivity contribution in [3.8, 4) is 0 Å². The van der Waals surface area contributed by atoms with E-state index in [0.717, 1.165) is 36.3 Å². The Morgan fingerprint density at radius 2 is 2.22 bits per heavy atom. The van der Waals surface area contributed by atoms with E-state index < -0.39 is 0 Å². The summed E-state index contributed by atoms with van der Waals surface area (Å²) < 4.78 is 0. The Balaban J connectivity index is 1.92. The quantitative estimate of drug-likeness (QED) is 0.684. The van der Waals surface area contributed by atoms with Crippen LogP contribution < -0.4 is 5.32 Å². The van der Waals surface area contributed by atoms with Crippen LogP contribution in [0.2, 0.25) is 0 Å². The Hall–Kier alpha value is -1.58. The zero-order valence-electron chi connectivity index (χ0n) is 10.7. The summed E-state index contributed by atoms with van der Waals surface area (Å²) in [6.07, 6.45) is 0.513. The Morgan fingerprint density at radius 1 is 1.44 bits per heavy atom. The van der Waals surface area contributed by atoms with Crippen LogP contribution in [-0.2, 0) is 0 Å². The van der Waals surface area contributed by atoms with Crippen molar-refractivity contribution in [2.45, 2.75) is 19.4 Å². The highest BCUT2D eigenvalue weighted by molar-refractivity contribution is 5.84. The first-order valence-corrected chi connectivity index (χ1v) is 6.31. The smallest absolute Gasteiger partial charge is 0.0524 e. The van der Waals surface area contributed by atoms with Gasteiger partial charge in [0.1, 0.15) is 0 Å². The van der Waals surface area contributed by atoms with Gasteiger partial charge in [-0.15, -0.1) is 0 Å². The van der Waals surface area contributed by atoms with E-state index in [1.165, 1.54) is 5.39 Å². The number of fused-ring (bicyclic) bond motifs is 1. The predicted molar refractivity (Wildman–Crippen MR) is 76.5 cm³/mol. The largest absolute Gasteiger partial charge is 0.393 e. The molecule has 3 heteroatoms. The molecular weight excluding hydrogens is 224 g/mol. The number of nitrogens with one attached hydrogen (secondary N) is 2. The number of aromatic amines is 1. The van der Waals surface area contributed by atoms with Crippen LogP contribution in [0.15, 0.2) is 36.9 Å². The molecule has 2 rings (SSSR count). The van der Waals surface area contributed by atoms with Gasteiger partial charge in [-0.25, -0.2) is 0 Å². The lowest BCUT2D eigenvalue weighted by molar-refractivity contribution is 0.184. The zero-order chi connectivity index (χ0) is 13.0. The third-order valence-electron chi connectivity index (χ3n) is 2.99. The van der Waals surface area contributed by atoms with Gasteiger partial charge in [-0.1, -0.05) is 24.8 Å². The molecule has 2 aromatic rings. The van der Waals surface area contributed by atoms with Crippen molar-refractivity contribution >= 4 is 16.5 Å². The van der Waals surface area contributed by atoms with Crippen molar-refractivity contribution in [2.24, 2.45) is 0 Å². The van der Waals surface area contributed by atoms with E-state index in [1.807, 2.05) is 12.1 Å². The summed E-state index contributed by atoms with van der Waals surface area (Å²) in [4.78, 5) is 3.36. The number of aliphatic hydroxyl groups excluding tert-OH is 1. The fraction of sp³-hybridized carbons (Fsp3) is 0.333. The SMILES string of the molecule is C=C(CNCCC(C)O)c1cc2ccccc2[nH]1. The highest BCUT2D eigenvalue weighted by atomic mass is 16.3. The summed E-state index contributed by atoms with van der Waals surface area (Å²) in [6, 6.07) is 10.3. The average molecular weight is 244 g/mol. The van der Waals surface area contributed by atoms with Gasteiger partial charge in [-0.2, -0.15) is 0 Å². The van der Waals surface area contributed by atoms with Crippen LogP contribution >= 0.6 is 0 Å². The molecule has 18 heavy (non-hydrogen) atoms. The standard InChI is InChI=1S/C15H20N2O/c1-11(10-16-8-7-12(2)18)15-9-13-5-3-4-6-14(13)17-15/h3-6,9,12,16-18H,1,7-8,10H2,2H3. The molecule has 0 radical (unpaired) electrons. The van der Waals surface area contributed by atoms with E-state index in [0.29, 0.717) is 0 Å². The fourth-order valence-electron chi connectivity index (χ4n) is 1.91. The third kappa shape index (κ3) is 3.22. The summed E-state index contributed by atoms with van der Waals surface area (Å²) in [7, 11) is 0. The van der Waals surface area contributed by atoms with Crippen molar-refractivity contribution in [1.82, 2.24) is 10.3 Å². The minimum atomic E-state index is -0.251. The molecule has 1 atom stereocenters. The Labute approximate surface area is 108 Å². The van der Waals surface area contributed by atoms with Crippen LogP contribution in [0.1, 0.15) is 19.0 Å². The lowest BCUT2D eigenvalue weighted by Gasteiger charge is -2.07. The van der Waals surface area contributed by atoms with Gasteiger partial charge in [0.05, 0.1) is 6.10 Å². The lowest BCUT2D eigenvalue weighted by atomic mass is 10.2. The van der Waals surface area contributed by atoms with E-state index >= 15 is 0 Å². The van der Waals surface area contributed by atoms with Crippen LogP contribution in [0.4, 0.5) is 0 Å². The topological polar surface area (TPSA) is 48.0 Å². The van der Waals surface area contributed by atoms with Gasteiger partial charge in [-0.05, 0) is 43.0 Å². The molecule has 1 heterocycles. The summed E-state index contributed by atoms with van der Waals surface area (Å²) in [6.45, 7) is 7.42. The maximum absolute atomic E-state index is 9.16. The van der Waals surface area contributed by atoms with Crippen LogP contribution in [0, 0.1) is 0 Å². The Morgan fingerprint density at radius 3 is 2.94 bits per heavy atom. The minimum absolute atomic E-state index is 0.251. The average Bonchev–Trinajstić information content (AvgIpc) is 2.78. The number of aromatic nitrogens is 1. The maximum Gasteiger partial charge on any atom is 0.0524 e. The molecule has 0 aliphatic rings. The summed E-state index contributed by atoms with van der Waals surface area (Å²) in [5, 5.41) is 13.6. The van der Waals surface area contributed by atoms with Crippen LogP contribution in [0.3, 0.4) is 0 Å². The predicted octanol–water partition coefficient (Wildman–Crippen LogP) is 2.54. The highest BCUT2D eigenvalue weighted by Crippen LogP contribution is 2.19. The zero-order valence-corrected chi connectivity index (χ0v) is 10.7. The van der Waals surface area contributed by atoms with Crippen molar-refractivity contribution in [3.05, 3.63) is 42.6 Å². The molecular formula is C15H20N2O. The van der Waals surface area contributed by atoms with Crippen molar-refractivity contribution in [3.63, 3.8) is 0 Å². The normalized spacial score (nSPS) is 12.8. The molecule has 0 amide bonds. The van der Waals surface area contributed by atoms with E-state index in [4.69, 9.17) is 5.11 Å². The first kappa shape index (κ1) is 12.9. The number of H-pyrrole nitrogens is 1. The van der Waals surface area contributed by atoms with E-state index in [9.17, 15) is 0 Å². The first-order valence-electron chi connectivity index (χ1n) is 6.31. The van der Waals surface area contributed by atoms with E-state index in [1.54, 1.807) is 6.92 Å². The molecule has 96 valence electrons. The van der Waals surface area contributed by atoms with Gasteiger partial charge < -0.3 is 15.4 Å². The molecule has 1 unspecified atom stereocenters. The summed E-state index contributed by atoms with van der Waals surface area (Å²) in [5.74, 6) is 0. The summed E-state index contributed by atoms with van der Waals surface area (Å²) in [5.41, 5.74) is 3.25. The number of aliphatic hydroxyl groups is 1. The molecule has 0 aliphatic carbocycles. The minimum Gasteiger partial charge on any atom is -0.393 e. The molecule has 0 saturated heterocycles. The van der Waals surface area contributed by atoms with Crippen molar-refractivity contribution in [1.29, 1.82) is 0 Å². The first-order chi connectivity index (χ1) is 8.66. The molecule has 0 fully saturated rings. The number of benzene rings is 1. The van der Waals surface area contributed by atoms with Gasteiger partial charge in [0.25, 0.3) is 0 Å². The maximum atomic E-state index is 9.16. The molecule has 3 N–H and O–H groups in total. The Kier molecular flexibility index (Phi) is 4.18. The van der Waals surface area contributed by atoms with Crippen molar-refractivity contribution in [2.75, 3.05) is 13.1 Å². The molecule has 1 aromatic carbocycles. The van der Waals surface area contributed by atoms with Crippen LogP contribution in [0.5, 0.6) is 0 Å². The molecule has 0 bridgehead atoms. The van der Waals surface area contributed by atoms with Gasteiger partial charge in [0.15, 0.2) is 0 Å². The number of hydrogen-bond acceptors (Lipinski definition) is 2. The van der Waals surface area contributed by atoms with Gasteiger partial charge in [-0.3, -0.25) is 0 Å². The molecule has 0 spiro atoms. The number of rotatable bonds is 6. The third-order valence-corrected chi connectivity index (χ3v) is 2.99. The van der Waals surface area contributed by atoms with Crippen LogP contribution in [0.25, 0.3) is 16.5 Å². The fourth-order valence-corrected chi connectivity index (χ4v) is 1.91. The van der Waals surface area contributed by atoms with Gasteiger partial charge in [0, 0.05) is 17.8 Å². The number of hydrogen-bond donors (Lipinski definition) is 3. The second-order valence-corrected chi connectivity index (χ2v) is 4.69. The summed E-state index contributed by atoms with van der Waals surface area (Å²) >= 11 is 0. The number of para-hydroxylation sites is 1. The monoisotopic (exact) mass is 244 g/mol. The van der Waals surface area contributed by atoms with Crippen LogP contribution in [-0.4, -0.2) is 29.3 Å². The highest BCUT2D eigenvalue weighted by Gasteiger charge is 2.03. The van der Waals surface area contributed by atoms with E-state index in [-0.39, 0.29) is 6.10 Å². The molecule has 0 saturated carbocycles. The molecule has 1 aromatic heterocycles.